The van der Waals surface area contributed by atoms with Crippen molar-refractivity contribution in [2.45, 2.75) is 32.1 Å². The summed E-state index contributed by atoms with van der Waals surface area (Å²) in [6, 6.07) is 13.3. The highest BCUT2D eigenvalue weighted by atomic mass is 32.2. The van der Waals surface area contributed by atoms with Gasteiger partial charge in [-0.05, 0) is 49.1 Å². The molecule has 0 bridgehead atoms. The van der Waals surface area contributed by atoms with Crippen LogP contribution in [-0.2, 0) is 16.4 Å². The zero-order valence-corrected chi connectivity index (χ0v) is 14.4. The average molecular weight is 331 g/mol. The van der Waals surface area contributed by atoms with E-state index in [0.29, 0.717) is 17.2 Å². The lowest BCUT2D eigenvalue weighted by Gasteiger charge is -2.10. The summed E-state index contributed by atoms with van der Waals surface area (Å²) in [4.78, 5) is 11.6. The SMILES string of the molecule is CC(=O)c1cccc(NS(=O)(=O)c2ccc(CC(C)C)cc2)c1. The molecule has 5 heteroatoms. The van der Waals surface area contributed by atoms with Gasteiger partial charge in [-0.2, -0.15) is 0 Å². The van der Waals surface area contributed by atoms with Crippen molar-refractivity contribution >= 4 is 21.5 Å². The Kier molecular flexibility index (Phi) is 5.21. The lowest BCUT2D eigenvalue weighted by atomic mass is 10.0. The van der Waals surface area contributed by atoms with Crippen LogP contribution in [0.5, 0.6) is 0 Å². The minimum Gasteiger partial charge on any atom is -0.295 e. The van der Waals surface area contributed by atoms with Crippen LogP contribution in [-0.4, -0.2) is 14.2 Å². The maximum atomic E-state index is 12.4. The van der Waals surface area contributed by atoms with Crippen LogP contribution >= 0.6 is 0 Å². The molecule has 2 aromatic carbocycles. The Hall–Kier alpha value is -2.14. The maximum Gasteiger partial charge on any atom is 0.261 e. The summed E-state index contributed by atoms with van der Waals surface area (Å²) in [6.07, 6.45) is 0.911. The van der Waals surface area contributed by atoms with Crippen LogP contribution in [0.4, 0.5) is 5.69 Å². The Balaban J connectivity index is 2.21. The van der Waals surface area contributed by atoms with Crippen molar-refractivity contribution in [2.75, 3.05) is 4.72 Å². The second-order valence-corrected chi connectivity index (χ2v) is 7.67. The molecule has 0 unspecified atom stereocenters. The van der Waals surface area contributed by atoms with Crippen molar-refractivity contribution < 1.29 is 13.2 Å². The van der Waals surface area contributed by atoms with E-state index < -0.39 is 10.0 Å². The van der Waals surface area contributed by atoms with Crippen LogP contribution in [0.3, 0.4) is 0 Å². The molecule has 4 nitrogen and oxygen atoms in total. The van der Waals surface area contributed by atoms with E-state index in [0.717, 1.165) is 12.0 Å². The third-order valence-corrected chi connectivity index (χ3v) is 4.80. The molecule has 1 N–H and O–H groups in total. The number of ketones is 1. The molecular weight excluding hydrogens is 310 g/mol. The van der Waals surface area contributed by atoms with E-state index in [9.17, 15) is 13.2 Å². The fourth-order valence-electron chi connectivity index (χ4n) is 2.29. The lowest BCUT2D eigenvalue weighted by molar-refractivity contribution is 0.101. The first kappa shape index (κ1) is 17.2. The standard InChI is InChI=1S/C18H21NO3S/c1-13(2)11-15-7-9-18(10-8-15)23(21,22)19-17-6-4-5-16(12-17)14(3)20/h4-10,12-13,19H,11H2,1-3H3. The Morgan fingerprint density at radius 2 is 1.74 bits per heavy atom. The minimum atomic E-state index is -3.66. The quantitative estimate of drug-likeness (QED) is 0.817. The Bertz CT molecular complexity index is 793. The number of benzene rings is 2. The van der Waals surface area contributed by atoms with E-state index in [1.807, 2.05) is 12.1 Å². The van der Waals surface area contributed by atoms with E-state index in [2.05, 4.69) is 18.6 Å². The molecular formula is C18H21NO3S. The number of carbonyl (C=O) groups excluding carboxylic acids is 1. The van der Waals surface area contributed by atoms with Gasteiger partial charge in [0.2, 0.25) is 0 Å². The summed E-state index contributed by atoms with van der Waals surface area (Å²) < 4.78 is 27.4. The van der Waals surface area contributed by atoms with Crippen molar-refractivity contribution in [3.63, 3.8) is 0 Å². The number of nitrogens with one attached hydrogen (secondary N) is 1. The van der Waals surface area contributed by atoms with Crippen molar-refractivity contribution in [3.05, 3.63) is 59.7 Å². The highest BCUT2D eigenvalue weighted by Gasteiger charge is 2.14. The summed E-state index contributed by atoms with van der Waals surface area (Å²) in [5.74, 6) is 0.411. The van der Waals surface area contributed by atoms with Gasteiger partial charge in [-0.15, -0.1) is 0 Å². The number of Topliss-reactive ketones (excluding diaryl/α,β-unsaturated/α-hetero) is 1. The van der Waals surface area contributed by atoms with E-state index in [4.69, 9.17) is 0 Å². The Morgan fingerprint density at radius 1 is 1.09 bits per heavy atom. The summed E-state index contributed by atoms with van der Waals surface area (Å²) in [5, 5.41) is 0. The summed E-state index contributed by atoms with van der Waals surface area (Å²) >= 11 is 0. The number of hydrogen-bond donors (Lipinski definition) is 1. The third-order valence-electron chi connectivity index (χ3n) is 3.40. The van der Waals surface area contributed by atoms with E-state index in [1.165, 1.54) is 13.0 Å². The van der Waals surface area contributed by atoms with Gasteiger partial charge >= 0.3 is 0 Å². The predicted molar refractivity (Wildman–Crippen MR) is 92.2 cm³/mol. The third kappa shape index (κ3) is 4.66. The van der Waals surface area contributed by atoms with Crippen molar-refractivity contribution in [2.24, 2.45) is 5.92 Å². The zero-order chi connectivity index (χ0) is 17.0. The summed E-state index contributed by atoms with van der Waals surface area (Å²) in [5.41, 5.74) is 1.96. The van der Waals surface area contributed by atoms with Crippen LogP contribution in [0.15, 0.2) is 53.4 Å². The molecule has 0 aliphatic heterocycles. The van der Waals surface area contributed by atoms with Gasteiger partial charge in [0.25, 0.3) is 10.0 Å². The fraction of sp³-hybridized carbons (Fsp3) is 0.278. The molecule has 0 saturated heterocycles. The van der Waals surface area contributed by atoms with Crippen molar-refractivity contribution in [1.82, 2.24) is 0 Å². The van der Waals surface area contributed by atoms with Crippen LogP contribution < -0.4 is 4.72 Å². The molecule has 122 valence electrons. The van der Waals surface area contributed by atoms with Gasteiger partial charge in [-0.1, -0.05) is 38.1 Å². The molecule has 0 atom stereocenters. The van der Waals surface area contributed by atoms with Crippen LogP contribution in [0.25, 0.3) is 0 Å². The lowest BCUT2D eigenvalue weighted by Crippen LogP contribution is -2.13. The van der Waals surface area contributed by atoms with E-state index in [-0.39, 0.29) is 10.7 Å². The van der Waals surface area contributed by atoms with Crippen molar-refractivity contribution in [1.29, 1.82) is 0 Å². The van der Waals surface area contributed by atoms with Crippen LogP contribution in [0, 0.1) is 5.92 Å². The highest BCUT2D eigenvalue weighted by Crippen LogP contribution is 2.19. The Labute approximate surface area is 137 Å². The van der Waals surface area contributed by atoms with Gasteiger partial charge in [0.05, 0.1) is 4.90 Å². The van der Waals surface area contributed by atoms with Gasteiger partial charge in [0, 0.05) is 11.3 Å². The molecule has 0 radical (unpaired) electrons. The van der Waals surface area contributed by atoms with E-state index in [1.54, 1.807) is 30.3 Å². The summed E-state index contributed by atoms with van der Waals surface area (Å²) in [7, 11) is -3.66. The second kappa shape index (κ2) is 6.96. The number of anilines is 1. The Morgan fingerprint density at radius 3 is 2.30 bits per heavy atom. The highest BCUT2D eigenvalue weighted by molar-refractivity contribution is 7.92. The number of sulfonamides is 1. The van der Waals surface area contributed by atoms with Crippen LogP contribution in [0.1, 0.15) is 36.7 Å². The van der Waals surface area contributed by atoms with Crippen molar-refractivity contribution in [3.8, 4) is 0 Å². The molecule has 0 heterocycles. The molecule has 0 spiro atoms. The number of rotatable bonds is 6. The molecule has 0 fully saturated rings. The molecule has 2 rings (SSSR count). The topological polar surface area (TPSA) is 63.2 Å². The minimum absolute atomic E-state index is 0.107. The number of carbonyl (C=O) groups is 1. The average Bonchev–Trinajstić information content (AvgIpc) is 2.47. The molecule has 0 amide bonds. The van der Waals surface area contributed by atoms with Crippen LogP contribution in [0.2, 0.25) is 0 Å². The van der Waals surface area contributed by atoms with Gasteiger partial charge in [0.15, 0.2) is 5.78 Å². The largest absolute Gasteiger partial charge is 0.295 e. The molecule has 23 heavy (non-hydrogen) atoms. The fourth-order valence-corrected chi connectivity index (χ4v) is 3.34. The summed E-state index contributed by atoms with van der Waals surface area (Å²) in [6.45, 7) is 5.68. The second-order valence-electron chi connectivity index (χ2n) is 5.98. The van der Waals surface area contributed by atoms with Gasteiger partial charge in [-0.3, -0.25) is 9.52 Å². The molecule has 0 aliphatic rings. The van der Waals surface area contributed by atoms with E-state index >= 15 is 0 Å². The maximum absolute atomic E-state index is 12.4. The molecule has 2 aromatic rings. The molecule has 0 aromatic heterocycles. The first-order chi connectivity index (χ1) is 10.8. The number of hydrogen-bond acceptors (Lipinski definition) is 3. The first-order valence-corrected chi connectivity index (χ1v) is 8.99. The van der Waals surface area contributed by atoms with Gasteiger partial charge < -0.3 is 0 Å². The normalized spacial score (nSPS) is 11.5. The van der Waals surface area contributed by atoms with Gasteiger partial charge in [-0.25, -0.2) is 8.42 Å². The molecule has 0 aliphatic carbocycles. The predicted octanol–water partition coefficient (Wildman–Crippen LogP) is 3.89. The zero-order valence-electron chi connectivity index (χ0n) is 13.5. The molecule has 0 saturated carbocycles. The first-order valence-electron chi connectivity index (χ1n) is 7.50. The smallest absolute Gasteiger partial charge is 0.261 e. The monoisotopic (exact) mass is 331 g/mol. The van der Waals surface area contributed by atoms with Gasteiger partial charge in [0.1, 0.15) is 0 Å².